The van der Waals surface area contributed by atoms with Crippen LogP contribution in [-0.2, 0) is 15.8 Å². The number of phosphoric acid groups is 1. The molecule has 0 fully saturated rings. The number of nitrogens with zero attached hydrogens (tertiary/aromatic N) is 2. The molecule has 6 nitrogen and oxygen atoms in total. The van der Waals surface area contributed by atoms with Crippen molar-refractivity contribution in [1.82, 2.24) is 9.55 Å². The Morgan fingerprint density at radius 1 is 1.59 bits per heavy atom. The summed E-state index contributed by atoms with van der Waals surface area (Å²) >= 11 is 0. The fourth-order valence-electron chi connectivity index (χ4n) is 1.40. The Labute approximate surface area is 99.5 Å². The van der Waals surface area contributed by atoms with E-state index >= 15 is 0 Å². The Bertz CT molecular complexity index is 487. The molecule has 1 aromatic heterocycles. The molecule has 1 aromatic rings. The SMILES string of the molecule is C=Cc1c(/C=C/C)nc(C)n1COP(=O)(O)O. The van der Waals surface area contributed by atoms with E-state index in [4.69, 9.17) is 9.79 Å². The first-order valence-electron chi connectivity index (χ1n) is 4.91. The van der Waals surface area contributed by atoms with Crippen molar-refractivity contribution in [2.24, 2.45) is 0 Å². The molecule has 94 valence electrons. The minimum Gasteiger partial charge on any atom is -0.303 e. The zero-order chi connectivity index (χ0) is 13.1. The van der Waals surface area contributed by atoms with Crippen LogP contribution in [-0.4, -0.2) is 19.3 Å². The van der Waals surface area contributed by atoms with Crippen molar-refractivity contribution in [2.75, 3.05) is 0 Å². The molecule has 0 amide bonds. The predicted octanol–water partition coefficient (Wildman–Crippen LogP) is 1.93. The van der Waals surface area contributed by atoms with Gasteiger partial charge in [0.25, 0.3) is 0 Å². The molecule has 1 heterocycles. The van der Waals surface area contributed by atoms with Gasteiger partial charge in [-0.25, -0.2) is 9.55 Å². The fraction of sp³-hybridized carbons (Fsp3) is 0.300. The van der Waals surface area contributed by atoms with Gasteiger partial charge in [-0.1, -0.05) is 12.7 Å². The smallest absolute Gasteiger partial charge is 0.303 e. The van der Waals surface area contributed by atoms with Gasteiger partial charge in [-0.05, 0) is 26.0 Å². The Morgan fingerprint density at radius 2 is 2.24 bits per heavy atom. The van der Waals surface area contributed by atoms with Crippen LogP contribution in [0.3, 0.4) is 0 Å². The van der Waals surface area contributed by atoms with E-state index in [1.54, 1.807) is 23.6 Å². The summed E-state index contributed by atoms with van der Waals surface area (Å²) < 4.78 is 16.6. The van der Waals surface area contributed by atoms with E-state index in [1.165, 1.54) is 0 Å². The number of hydrogen-bond acceptors (Lipinski definition) is 3. The van der Waals surface area contributed by atoms with Gasteiger partial charge in [-0.2, -0.15) is 0 Å². The number of hydrogen-bond donors (Lipinski definition) is 2. The lowest BCUT2D eigenvalue weighted by molar-refractivity contribution is 0.152. The summed E-state index contributed by atoms with van der Waals surface area (Å²) in [6.07, 6.45) is 5.18. The Balaban J connectivity index is 3.06. The van der Waals surface area contributed by atoms with Crippen LogP contribution in [0.1, 0.15) is 24.1 Å². The maximum absolute atomic E-state index is 10.6. The van der Waals surface area contributed by atoms with Gasteiger partial charge in [-0.3, -0.25) is 4.52 Å². The number of aromatic nitrogens is 2. The molecular weight excluding hydrogens is 243 g/mol. The molecule has 0 radical (unpaired) electrons. The number of aryl methyl sites for hydroxylation is 1. The van der Waals surface area contributed by atoms with Crippen molar-refractivity contribution in [3.63, 3.8) is 0 Å². The fourth-order valence-corrected chi connectivity index (χ4v) is 1.66. The molecule has 0 unspecified atom stereocenters. The van der Waals surface area contributed by atoms with E-state index in [9.17, 15) is 4.57 Å². The third-order valence-corrected chi connectivity index (χ3v) is 2.55. The molecule has 0 aromatic carbocycles. The zero-order valence-corrected chi connectivity index (χ0v) is 10.6. The Morgan fingerprint density at radius 3 is 2.71 bits per heavy atom. The summed E-state index contributed by atoms with van der Waals surface area (Å²) in [5.74, 6) is 0.599. The van der Waals surface area contributed by atoms with E-state index in [1.807, 2.05) is 13.0 Å². The lowest BCUT2D eigenvalue weighted by Crippen LogP contribution is -2.05. The predicted molar refractivity (Wildman–Crippen MR) is 64.9 cm³/mol. The molecule has 0 aliphatic carbocycles. The van der Waals surface area contributed by atoms with Crippen LogP contribution in [0, 0.1) is 6.92 Å². The molecule has 1 rings (SSSR count). The maximum atomic E-state index is 10.6. The van der Waals surface area contributed by atoms with Gasteiger partial charge < -0.3 is 14.4 Å². The van der Waals surface area contributed by atoms with Crippen LogP contribution in [0.4, 0.5) is 0 Å². The lowest BCUT2D eigenvalue weighted by atomic mass is 10.3. The second-order valence-corrected chi connectivity index (χ2v) is 4.55. The van der Waals surface area contributed by atoms with Crippen LogP contribution in [0.25, 0.3) is 12.2 Å². The van der Waals surface area contributed by atoms with E-state index < -0.39 is 7.82 Å². The minimum absolute atomic E-state index is 0.262. The second kappa shape index (κ2) is 5.42. The molecule has 0 aliphatic rings. The normalized spacial score (nSPS) is 12.2. The average molecular weight is 258 g/mol. The molecule has 17 heavy (non-hydrogen) atoms. The number of rotatable bonds is 5. The molecule has 0 spiro atoms. The Kier molecular flexibility index (Phi) is 4.42. The highest BCUT2D eigenvalue weighted by Gasteiger charge is 2.17. The van der Waals surface area contributed by atoms with Crippen molar-refractivity contribution >= 4 is 20.0 Å². The zero-order valence-electron chi connectivity index (χ0n) is 9.70. The van der Waals surface area contributed by atoms with Gasteiger partial charge in [0.15, 0.2) is 0 Å². The van der Waals surface area contributed by atoms with E-state index in [2.05, 4.69) is 16.1 Å². The van der Waals surface area contributed by atoms with E-state index in [-0.39, 0.29) is 6.73 Å². The van der Waals surface area contributed by atoms with Crippen LogP contribution in [0.15, 0.2) is 12.7 Å². The van der Waals surface area contributed by atoms with Crippen LogP contribution < -0.4 is 0 Å². The van der Waals surface area contributed by atoms with Crippen molar-refractivity contribution < 1.29 is 18.9 Å². The van der Waals surface area contributed by atoms with Crippen LogP contribution >= 0.6 is 7.82 Å². The van der Waals surface area contributed by atoms with Crippen molar-refractivity contribution in [3.05, 3.63) is 29.9 Å². The summed E-state index contributed by atoms with van der Waals surface area (Å²) in [6, 6.07) is 0. The van der Waals surface area contributed by atoms with Gasteiger partial charge in [0.2, 0.25) is 0 Å². The summed E-state index contributed by atoms with van der Waals surface area (Å²) in [6.45, 7) is 6.97. The van der Waals surface area contributed by atoms with E-state index in [0.29, 0.717) is 17.2 Å². The molecule has 0 saturated carbocycles. The second-order valence-electron chi connectivity index (χ2n) is 3.31. The standard InChI is InChI=1S/C10H15N2O4P/c1-4-6-9-10(5-2)12(8(3)11-9)7-16-17(13,14)15/h4-6H,2,7H2,1,3H3,(H2,13,14,15)/b6-4+. The molecule has 0 saturated heterocycles. The van der Waals surface area contributed by atoms with E-state index in [0.717, 1.165) is 0 Å². The largest absolute Gasteiger partial charge is 0.471 e. The highest BCUT2D eigenvalue weighted by atomic mass is 31.2. The minimum atomic E-state index is -4.49. The molecule has 2 N–H and O–H groups in total. The maximum Gasteiger partial charge on any atom is 0.471 e. The summed E-state index contributed by atoms with van der Waals surface area (Å²) in [4.78, 5) is 21.6. The number of imidazole rings is 1. The van der Waals surface area contributed by atoms with Crippen LogP contribution in [0.5, 0.6) is 0 Å². The third kappa shape index (κ3) is 3.64. The average Bonchev–Trinajstić information content (AvgIpc) is 2.50. The molecule has 0 bridgehead atoms. The summed E-state index contributed by atoms with van der Waals surface area (Å²) in [5.41, 5.74) is 1.35. The molecule has 7 heteroatoms. The van der Waals surface area contributed by atoms with Crippen LogP contribution in [0.2, 0.25) is 0 Å². The van der Waals surface area contributed by atoms with Gasteiger partial charge in [0.05, 0.1) is 11.4 Å². The van der Waals surface area contributed by atoms with Crippen molar-refractivity contribution in [1.29, 1.82) is 0 Å². The van der Waals surface area contributed by atoms with Gasteiger partial charge in [0.1, 0.15) is 12.6 Å². The third-order valence-electron chi connectivity index (χ3n) is 2.10. The quantitative estimate of drug-likeness (QED) is 0.788. The summed E-state index contributed by atoms with van der Waals surface area (Å²) in [7, 11) is -4.49. The first kappa shape index (κ1) is 13.9. The van der Waals surface area contributed by atoms with Gasteiger partial charge in [-0.15, -0.1) is 0 Å². The lowest BCUT2D eigenvalue weighted by Gasteiger charge is -2.09. The highest BCUT2D eigenvalue weighted by Crippen LogP contribution is 2.36. The van der Waals surface area contributed by atoms with Crippen molar-refractivity contribution in [2.45, 2.75) is 20.6 Å². The molecule has 0 atom stereocenters. The highest BCUT2D eigenvalue weighted by molar-refractivity contribution is 7.46. The van der Waals surface area contributed by atoms with Gasteiger partial charge >= 0.3 is 7.82 Å². The molecule has 0 aliphatic heterocycles. The number of allylic oxidation sites excluding steroid dienone is 1. The summed E-state index contributed by atoms with van der Waals surface area (Å²) in [5, 5.41) is 0. The number of phosphoric ester groups is 1. The first-order valence-corrected chi connectivity index (χ1v) is 6.44. The van der Waals surface area contributed by atoms with Crippen molar-refractivity contribution in [3.8, 4) is 0 Å². The topological polar surface area (TPSA) is 84.6 Å². The molecular formula is C10H15N2O4P. The Hall–Kier alpha value is -1.20. The first-order chi connectivity index (χ1) is 7.89. The monoisotopic (exact) mass is 258 g/mol. The van der Waals surface area contributed by atoms with Gasteiger partial charge in [0, 0.05) is 0 Å².